The van der Waals surface area contributed by atoms with Crippen LogP contribution in [0.15, 0.2) is 0 Å². The predicted octanol–water partition coefficient (Wildman–Crippen LogP) is 1.87. The monoisotopic (exact) mass is 191 g/mol. The van der Waals surface area contributed by atoms with Crippen molar-refractivity contribution in [1.29, 1.82) is 0 Å². The molecule has 1 saturated heterocycles. The van der Waals surface area contributed by atoms with Crippen LogP contribution < -0.4 is 0 Å². The first kappa shape index (κ1) is 7.55. The lowest BCUT2D eigenvalue weighted by atomic mass is 10.1. The third-order valence-electron chi connectivity index (χ3n) is 1.85. The van der Waals surface area contributed by atoms with E-state index in [0.29, 0.717) is 0 Å². The van der Waals surface area contributed by atoms with Gasteiger partial charge >= 0.3 is 0 Å². The quantitative estimate of drug-likeness (QED) is 0.603. The normalized spacial score (nSPS) is 22.3. The van der Waals surface area contributed by atoms with E-state index in [0.717, 1.165) is 5.33 Å². The number of nitrogens with zero attached hydrogens (tertiary/aromatic N) is 1. The van der Waals surface area contributed by atoms with Crippen molar-refractivity contribution in [3.8, 4) is 0 Å². The zero-order chi connectivity index (χ0) is 6.53. The van der Waals surface area contributed by atoms with Crippen LogP contribution in [0.1, 0.15) is 19.3 Å². The molecule has 1 heterocycles. The Hall–Kier alpha value is 0.440. The number of piperidine rings is 1. The average molecular weight is 192 g/mol. The van der Waals surface area contributed by atoms with E-state index in [2.05, 4.69) is 20.8 Å². The molecule has 0 aromatic carbocycles. The highest BCUT2D eigenvalue weighted by Crippen LogP contribution is 2.07. The van der Waals surface area contributed by atoms with Crippen molar-refractivity contribution in [2.75, 3.05) is 25.0 Å². The molecule has 0 aromatic rings. The number of likely N-dealkylation sites (tertiary alicyclic amines) is 1. The van der Waals surface area contributed by atoms with Gasteiger partial charge in [-0.2, -0.15) is 0 Å². The lowest BCUT2D eigenvalue weighted by Gasteiger charge is -2.25. The van der Waals surface area contributed by atoms with E-state index >= 15 is 0 Å². The molecule has 1 fully saturated rings. The van der Waals surface area contributed by atoms with Gasteiger partial charge in [0, 0.05) is 11.9 Å². The highest BCUT2D eigenvalue weighted by molar-refractivity contribution is 9.09. The van der Waals surface area contributed by atoms with Gasteiger partial charge in [-0.25, -0.2) is 0 Å². The Balaban J connectivity index is 2.08. The van der Waals surface area contributed by atoms with Gasteiger partial charge in [0.2, 0.25) is 0 Å². The van der Waals surface area contributed by atoms with Crippen LogP contribution >= 0.6 is 15.9 Å². The Morgan fingerprint density at radius 2 is 1.78 bits per heavy atom. The Bertz CT molecular complexity index is 66.6. The van der Waals surface area contributed by atoms with Gasteiger partial charge in [-0.3, -0.25) is 0 Å². The molecule has 0 spiro atoms. The molecule has 2 heteroatoms. The Morgan fingerprint density at radius 1 is 1.11 bits per heavy atom. The van der Waals surface area contributed by atoms with Crippen molar-refractivity contribution >= 4 is 15.9 Å². The van der Waals surface area contributed by atoms with Crippen LogP contribution in [0.4, 0.5) is 0 Å². The van der Waals surface area contributed by atoms with Crippen molar-refractivity contribution < 1.29 is 0 Å². The molecule has 1 aliphatic heterocycles. The molecule has 54 valence electrons. The van der Waals surface area contributed by atoms with E-state index in [1.807, 2.05) is 0 Å². The van der Waals surface area contributed by atoms with Crippen molar-refractivity contribution in [3.05, 3.63) is 0 Å². The second kappa shape index (κ2) is 4.29. The minimum Gasteiger partial charge on any atom is -0.303 e. The fourth-order valence-corrected chi connectivity index (χ4v) is 1.80. The van der Waals surface area contributed by atoms with Gasteiger partial charge in [-0.15, -0.1) is 0 Å². The van der Waals surface area contributed by atoms with Crippen LogP contribution in [0.5, 0.6) is 0 Å². The summed E-state index contributed by atoms with van der Waals surface area (Å²) >= 11 is 3.44. The van der Waals surface area contributed by atoms with E-state index in [4.69, 9.17) is 0 Å². The summed E-state index contributed by atoms with van der Waals surface area (Å²) in [6.45, 7) is 3.89. The minimum absolute atomic E-state index is 1.13. The van der Waals surface area contributed by atoms with E-state index < -0.39 is 0 Å². The lowest BCUT2D eigenvalue weighted by Crippen LogP contribution is -2.31. The molecule has 0 bridgehead atoms. The van der Waals surface area contributed by atoms with Crippen LogP contribution in [0.3, 0.4) is 0 Å². The van der Waals surface area contributed by atoms with Gasteiger partial charge in [0.15, 0.2) is 0 Å². The summed E-state index contributed by atoms with van der Waals surface area (Å²) < 4.78 is 0. The summed E-state index contributed by atoms with van der Waals surface area (Å²) in [4.78, 5) is 2.53. The predicted molar refractivity (Wildman–Crippen MR) is 44.1 cm³/mol. The Labute approximate surface area is 65.6 Å². The summed E-state index contributed by atoms with van der Waals surface area (Å²) in [6.07, 6.45) is 4.26. The van der Waals surface area contributed by atoms with Gasteiger partial charge in [0.25, 0.3) is 0 Å². The van der Waals surface area contributed by atoms with Gasteiger partial charge in [0.05, 0.1) is 0 Å². The molecule has 0 unspecified atom stereocenters. The third kappa shape index (κ3) is 2.67. The maximum Gasteiger partial charge on any atom is 0.0159 e. The first-order valence-electron chi connectivity index (χ1n) is 3.72. The fraction of sp³-hybridized carbons (Fsp3) is 1.00. The minimum atomic E-state index is 1.13. The summed E-state index contributed by atoms with van der Waals surface area (Å²) in [5.74, 6) is 0. The molecule has 0 atom stereocenters. The number of halogens is 1. The first-order valence-corrected chi connectivity index (χ1v) is 4.84. The van der Waals surface area contributed by atoms with Crippen molar-refractivity contribution in [2.24, 2.45) is 0 Å². The third-order valence-corrected chi connectivity index (χ3v) is 2.20. The average Bonchev–Trinajstić information content (AvgIpc) is 1.91. The SMILES string of the molecule is BrCCN1CCCCC1. The number of alkyl halides is 1. The molecule has 1 rings (SSSR count). The molecule has 0 amide bonds. The number of hydrogen-bond acceptors (Lipinski definition) is 1. The van der Waals surface area contributed by atoms with E-state index in [1.165, 1.54) is 38.9 Å². The zero-order valence-electron chi connectivity index (χ0n) is 5.77. The molecular formula is C7H14BrN. The van der Waals surface area contributed by atoms with Crippen LogP contribution in [-0.2, 0) is 0 Å². The lowest BCUT2D eigenvalue weighted by molar-refractivity contribution is 0.242. The summed E-state index contributed by atoms with van der Waals surface area (Å²) in [6, 6.07) is 0. The number of rotatable bonds is 2. The van der Waals surface area contributed by atoms with Crippen LogP contribution in [0.2, 0.25) is 0 Å². The molecule has 0 aromatic heterocycles. The fourth-order valence-electron chi connectivity index (χ4n) is 1.30. The van der Waals surface area contributed by atoms with E-state index in [1.54, 1.807) is 0 Å². The van der Waals surface area contributed by atoms with Gasteiger partial charge in [-0.1, -0.05) is 22.4 Å². The first-order chi connectivity index (χ1) is 4.43. The molecule has 1 aliphatic rings. The summed E-state index contributed by atoms with van der Waals surface area (Å²) in [7, 11) is 0. The highest BCUT2D eigenvalue weighted by Gasteiger charge is 2.07. The smallest absolute Gasteiger partial charge is 0.0159 e. The standard InChI is InChI=1S/C7H14BrN/c8-4-7-9-5-2-1-3-6-9/h1-7H2. The largest absolute Gasteiger partial charge is 0.303 e. The molecule has 1 nitrogen and oxygen atoms in total. The van der Waals surface area contributed by atoms with Crippen LogP contribution in [0.25, 0.3) is 0 Å². The van der Waals surface area contributed by atoms with Gasteiger partial charge in [0.1, 0.15) is 0 Å². The highest BCUT2D eigenvalue weighted by atomic mass is 79.9. The maximum atomic E-state index is 3.44. The second-order valence-electron chi connectivity index (χ2n) is 2.59. The van der Waals surface area contributed by atoms with Crippen LogP contribution in [-0.4, -0.2) is 29.9 Å². The topological polar surface area (TPSA) is 3.24 Å². The number of hydrogen-bond donors (Lipinski definition) is 0. The molecule has 9 heavy (non-hydrogen) atoms. The zero-order valence-corrected chi connectivity index (χ0v) is 7.36. The van der Waals surface area contributed by atoms with Gasteiger partial charge in [-0.05, 0) is 25.9 Å². The Morgan fingerprint density at radius 3 is 2.33 bits per heavy atom. The molecule has 0 radical (unpaired) electrons. The van der Waals surface area contributed by atoms with Crippen LogP contribution in [0, 0.1) is 0 Å². The summed E-state index contributed by atoms with van der Waals surface area (Å²) in [5, 5.41) is 1.13. The molecule has 0 saturated carbocycles. The van der Waals surface area contributed by atoms with Crippen molar-refractivity contribution in [1.82, 2.24) is 4.90 Å². The van der Waals surface area contributed by atoms with E-state index in [9.17, 15) is 0 Å². The van der Waals surface area contributed by atoms with E-state index in [-0.39, 0.29) is 0 Å². The maximum absolute atomic E-state index is 3.44. The molecular weight excluding hydrogens is 178 g/mol. The molecule has 0 N–H and O–H groups in total. The molecule has 0 aliphatic carbocycles. The van der Waals surface area contributed by atoms with Gasteiger partial charge < -0.3 is 4.90 Å². The van der Waals surface area contributed by atoms with Crippen molar-refractivity contribution in [2.45, 2.75) is 19.3 Å². The second-order valence-corrected chi connectivity index (χ2v) is 3.38. The Kier molecular flexibility index (Phi) is 3.59. The van der Waals surface area contributed by atoms with Crippen molar-refractivity contribution in [3.63, 3.8) is 0 Å². The summed E-state index contributed by atoms with van der Waals surface area (Å²) in [5.41, 5.74) is 0.